The van der Waals surface area contributed by atoms with Gasteiger partial charge in [0.25, 0.3) is 5.91 Å². The Kier molecular flexibility index (Phi) is 5.95. The summed E-state index contributed by atoms with van der Waals surface area (Å²) in [6.07, 6.45) is 0.660. The molecular formula is C19H24N4O4. The number of carbonyl (C=O) groups is 1. The second-order valence-corrected chi connectivity index (χ2v) is 6.46. The van der Waals surface area contributed by atoms with Gasteiger partial charge in [-0.2, -0.15) is 0 Å². The van der Waals surface area contributed by atoms with E-state index in [1.54, 1.807) is 30.2 Å². The number of methoxy groups -OCH3 is 1. The Labute approximate surface area is 158 Å². The van der Waals surface area contributed by atoms with Crippen molar-refractivity contribution in [3.63, 3.8) is 0 Å². The van der Waals surface area contributed by atoms with E-state index in [9.17, 15) is 4.79 Å². The second kappa shape index (κ2) is 8.57. The van der Waals surface area contributed by atoms with Gasteiger partial charge in [-0.25, -0.2) is 0 Å². The minimum absolute atomic E-state index is 0.0166. The Morgan fingerprint density at radius 3 is 2.74 bits per heavy atom. The average molecular weight is 372 g/mol. The third kappa shape index (κ3) is 4.99. The van der Waals surface area contributed by atoms with Crippen molar-refractivity contribution in [2.45, 2.75) is 12.5 Å². The Morgan fingerprint density at radius 2 is 2.04 bits per heavy atom. The van der Waals surface area contributed by atoms with Crippen molar-refractivity contribution in [3.05, 3.63) is 36.4 Å². The van der Waals surface area contributed by atoms with E-state index < -0.39 is 0 Å². The summed E-state index contributed by atoms with van der Waals surface area (Å²) < 4.78 is 16.6. The number of nitrogens with zero attached hydrogens (tertiary/aromatic N) is 4. The molecule has 27 heavy (non-hydrogen) atoms. The van der Waals surface area contributed by atoms with Gasteiger partial charge in [-0.05, 0) is 18.2 Å². The highest BCUT2D eigenvalue weighted by atomic mass is 16.5. The highest BCUT2D eigenvalue weighted by Gasteiger charge is 2.28. The molecule has 0 N–H and O–H groups in total. The Morgan fingerprint density at radius 1 is 1.22 bits per heavy atom. The van der Waals surface area contributed by atoms with Crippen LogP contribution in [0.3, 0.4) is 0 Å². The summed E-state index contributed by atoms with van der Waals surface area (Å²) in [6, 6.07) is 10.8. The van der Waals surface area contributed by atoms with Crippen LogP contribution in [0.1, 0.15) is 6.42 Å². The maximum Gasteiger partial charge on any atom is 0.260 e. The van der Waals surface area contributed by atoms with Gasteiger partial charge in [-0.1, -0.05) is 6.07 Å². The predicted octanol–water partition coefficient (Wildman–Crippen LogP) is 1.61. The van der Waals surface area contributed by atoms with Crippen LogP contribution >= 0.6 is 0 Å². The van der Waals surface area contributed by atoms with Gasteiger partial charge in [0.1, 0.15) is 17.6 Å². The van der Waals surface area contributed by atoms with E-state index in [0.29, 0.717) is 30.5 Å². The monoisotopic (exact) mass is 372 g/mol. The lowest BCUT2D eigenvalue weighted by atomic mass is 10.3. The second-order valence-electron chi connectivity index (χ2n) is 6.46. The van der Waals surface area contributed by atoms with Crippen molar-refractivity contribution in [1.82, 2.24) is 15.1 Å². The number of aromatic nitrogens is 2. The van der Waals surface area contributed by atoms with Crippen molar-refractivity contribution in [1.29, 1.82) is 0 Å². The maximum absolute atomic E-state index is 12.4. The molecule has 1 aliphatic heterocycles. The molecule has 1 unspecified atom stereocenters. The summed E-state index contributed by atoms with van der Waals surface area (Å²) in [5.41, 5.74) is 0. The molecule has 0 radical (unpaired) electrons. The van der Waals surface area contributed by atoms with Gasteiger partial charge in [-0.3, -0.25) is 4.79 Å². The first-order valence-corrected chi connectivity index (χ1v) is 8.77. The van der Waals surface area contributed by atoms with E-state index >= 15 is 0 Å². The largest absolute Gasteiger partial charge is 0.497 e. The molecule has 0 bridgehead atoms. The van der Waals surface area contributed by atoms with Gasteiger partial charge in [-0.15, -0.1) is 10.2 Å². The molecule has 0 spiro atoms. The van der Waals surface area contributed by atoms with E-state index in [0.717, 1.165) is 12.2 Å². The van der Waals surface area contributed by atoms with E-state index in [1.807, 2.05) is 37.2 Å². The average Bonchev–Trinajstić information content (AvgIpc) is 3.15. The topological polar surface area (TPSA) is 77.0 Å². The van der Waals surface area contributed by atoms with Crippen LogP contribution in [0.5, 0.6) is 17.4 Å². The highest BCUT2D eigenvalue weighted by Crippen LogP contribution is 2.20. The highest BCUT2D eigenvalue weighted by molar-refractivity contribution is 5.78. The lowest BCUT2D eigenvalue weighted by molar-refractivity contribution is -0.132. The fourth-order valence-corrected chi connectivity index (χ4v) is 2.76. The van der Waals surface area contributed by atoms with Gasteiger partial charge in [0.15, 0.2) is 12.4 Å². The molecule has 2 aromatic rings. The van der Waals surface area contributed by atoms with Crippen LogP contribution < -0.4 is 19.1 Å². The molecule has 2 heterocycles. The quantitative estimate of drug-likeness (QED) is 0.731. The normalized spacial score (nSPS) is 16.1. The number of amides is 1. The summed E-state index contributed by atoms with van der Waals surface area (Å²) in [6.45, 7) is 1.13. The predicted molar refractivity (Wildman–Crippen MR) is 100 cm³/mol. The SMILES string of the molecule is COc1cccc(OCC(=O)N2CCC(Oc3ccc(N(C)C)nn3)C2)c1. The first-order valence-electron chi connectivity index (χ1n) is 8.77. The molecular weight excluding hydrogens is 348 g/mol. The molecule has 3 rings (SSSR count). The van der Waals surface area contributed by atoms with E-state index in [-0.39, 0.29) is 18.6 Å². The molecule has 1 aromatic carbocycles. The molecule has 0 aliphatic carbocycles. The van der Waals surface area contributed by atoms with Crippen molar-refractivity contribution >= 4 is 11.7 Å². The number of rotatable bonds is 7. The summed E-state index contributed by atoms with van der Waals surface area (Å²) in [5, 5.41) is 8.16. The van der Waals surface area contributed by atoms with Gasteiger partial charge in [0, 0.05) is 39.2 Å². The maximum atomic E-state index is 12.4. The van der Waals surface area contributed by atoms with Crippen molar-refractivity contribution in [3.8, 4) is 17.4 Å². The molecule has 1 fully saturated rings. The van der Waals surface area contributed by atoms with Crippen molar-refractivity contribution < 1.29 is 19.0 Å². The Balaban J connectivity index is 1.47. The van der Waals surface area contributed by atoms with Gasteiger partial charge >= 0.3 is 0 Å². The number of hydrogen-bond donors (Lipinski definition) is 0. The zero-order valence-electron chi connectivity index (χ0n) is 15.8. The summed E-state index contributed by atoms with van der Waals surface area (Å²) in [5.74, 6) is 2.45. The lowest BCUT2D eigenvalue weighted by Gasteiger charge is -2.17. The van der Waals surface area contributed by atoms with Crippen LogP contribution in [0, 0.1) is 0 Å². The molecule has 0 saturated carbocycles. The molecule has 1 saturated heterocycles. The van der Waals surface area contributed by atoms with Crippen molar-refractivity contribution in [2.75, 3.05) is 45.8 Å². The fourth-order valence-electron chi connectivity index (χ4n) is 2.76. The van der Waals surface area contributed by atoms with Crippen LogP contribution in [-0.2, 0) is 4.79 Å². The molecule has 1 aliphatic rings. The van der Waals surface area contributed by atoms with Crippen LogP contribution in [0.15, 0.2) is 36.4 Å². The summed E-state index contributed by atoms with van der Waals surface area (Å²) in [4.78, 5) is 16.0. The summed E-state index contributed by atoms with van der Waals surface area (Å²) >= 11 is 0. The minimum atomic E-state index is -0.0923. The molecule has 8 nitrogen and oxygen atoms in total. The number of likely N-dealkylation sites (tertiary alicyclic amines) is 1. The van der Waals surface area contributed by atoms with E-state index in [1.165, 1.54) is 0 Å². The summed E-state index contributed by atoms with van der Waals surface area (Å²) in [7, 11) is 5.39. The number of anilines is 1. The van der Waals surface area contributed by atoms with E-state index in [4.69, 9.17) is 14.2 Å². The minimum Gasteiger partial charge on any atom is -0.497 e. The zero-order valence-corrected chi connectivity index (χ0v) is 15.8. The van der Waals surface area contributed by atoms with Gasteiger partial charge < -0.3 is 24.0 Å². The smallest absolute Gasteiger partial charge is 0.260 e. The molecule has 1 aromatic heterocycles. The Bertz CT molecular complexity index is 767. The zero-order chi connectivity index (χ0) is 19.2. The number of carbonyl (C=O) groups excluding carboxylic acids is 1. The first kappa shape index (κ1) is 18.8. The van der Waals surface area contributed by atoms with Crippen LogP contribution in [0.2, 0.25) is 0 Å². The van der Waals surface area contributed by atoms with Crippen LogP contribution in [0.4, 0.5) is 5.82 Å². The fraction of sp³-hybridized carbons (Fsp3) is 0.421. The van der Waals surface area contributed by atoms with Gasteiger partial charge in [0.2, 0.25) is 5.88 Å². The van der Waals surface area contributed by atoms with Crippen molar-refractivity contribution in [2.24, 2.45) is 0 Å². The molecule has 1 atom stereocenters. The third-order valence-corrected chi connectivity index (χ3v) is 4.27. The number of ether oxygens (including phenoxy) is 3. The molecule has 144 valence electrons. The molecule has 1 amide bonds. The van der Waals surface area contributed by atoms with Crippen LogP contribution in [0.25, 0.3) is 0 Å². The standard InChI is InChI=1S/C19H24N4O4/c1-22(2)17-7-8-18(21-20-17)27-16-9-10-23(12-16)19(24)13-26-15-6-4-5-14(11-15)25-3/h4-8,11,16H,9-10,12-13H2,1-3H3. The number of hydrogen-bond acceptors (Lipinski definition) is 7. The first-order chi connectivity index (χ1) is 13.0. The number of benzene rings is 1. The van der Waals surface area contributed by atoms with E-state index in [2.05, 4.69) is 10.2 Å². The van der Waals surface area contributed by atoms with Crippen LogP contribution in [-0.4, -0.2) is 68.0 Å². The molecule has 8 heteroatoms. The third-order valence-electron chi connectivity index (χ3n) is 4.27. The van der Waals surface area contributed by atoms with Gasteiger partial charge in [0.05, 0.1) is 13.7 Å². The Hall–Kier alpha value is -3.03. The lowest BCUT2D eigenvalue weighted by Crippen LogP contribution is -2.34.